The van der Waals surface area contributed by atoms with Crippen LogP contribution in [0.15, 0.2) is 18.2 Å². The average molecular weight is 336 g/mol. The Hall–Kier alpha value is -0.780. The molecule has 0 aromatic heterocycles. The largest absolute Gasteiger partial charge is 0.349 e. The van der Waals surface area contributed by atoms with Crippen molar-refractivity contribution in [3.05, 3.63) is 33.8 Å². The molecule has 2 atom stereocenters. The van der Waals surface area contributed by atoms with Crippen molar-refractivity contribution >= 4 is 38.9 Å². The summed E-state index contributed by atoms with van der Waals surface area (Å²) >= 11 is 11.9. The molecule has 1 saturated heterocycles. The summed E-state index contributed by atoms with van der Waals surface area (Å²) in [5, 5.41) is 3.81. The monoisotopic (exact) mass is 335 g/mol. The van der Waals surface area contributed by atoms with Crippen molar-refractivity contribution in [3.8, 4) is 0 Å². The number of benzene rings is 1. The van der Waals surface area contributed by atoms with E-state index in [2.05, 4.69) is 5.32 Å². The van der Waals surface area contributed by atoms with Crippen molar-refractivity contribution in [2.24, 2.45) is 5.92 Å². The standard InChI is InChI=1S/C13H15Cl2NO3S/c1-8(11-3-2-10(14)6-12(11)15)16-13(17)9-4-5-20(18,19)7-9/h2-3,6,8-9H,4-5,7H2,1H3,(H,16,17). The van der Waals surface area contributed by atoms with Crippen molar-refractivity contribution < 1.29 is 13.2 Å². The second-order valence-electron chi connectivity index (χ2n) is 5.00. The van der Waals surface area contributed by atoms with Crippen LogP contribution in [0, 0.1) is 5.92 Å². The predicted molar refractivity (Wildman–Crippen MR) is 79.8 cm³/mol. The van der Waals surface area contributed by atoms with Crippen LogP contribution >= 0.6 is 23.2 Å². The Morgan fingerprint density at radius 3 is 2.65 bits per heavy atom. The van der Waals surface area contributed by atoms with E-state index in [1.807, 2.05) is 0 Å². The molecule has 0 radical (unpaired) electrons. The van der Waals surface area contributed by atoms with Gasteiger partial charge in [0, 0.05) is 10.0 Å². The Labute approximate surface area is 128 Å². The maximum atomic E-state index is 12.1. The van der Waals surface area contributed by atoms with Crippen molar-refractivity contribution in [3.63, 3.8) is 0 Å². The maximum Gasteiger partial charge on any atom is 0.224 e. The van der Waals surface area contributed by atoms with E-state index in [9.17, 15) is 13.2 Å². The fourth-order valence-electron chi connectivity index (χ4n) is 2.26. The van der Waals surface area contributed by atoms with E-state index in [4.69, 9.17) is 23.2 Å². The van der Waals surface area contributed by atoms with Gasteiger partial charge in [0.05, 0.1) is 23.5 Å². The highest BCUT2D eigenvalue weighted by Crippen LogP contribution is 2.27. The molecule has 1 aliphatic heterocycles. The number of amides is 1. The van der Waals surface area contributed by atoms with Crippen molar-refractivity contribution in [1.29, 1.82) is 0 Å². The van der Waals surface area contributed by atoms with Crippen LogP contribution in [0.2, 0.25) is 10.0 Å². The third-order valence-corrected chi connectivity index (χ3v) is 5.72. The van der Waals surface area contributed by atoms with E-state index in [1.54, 1.807) is 25.1 Å². The molecule has 0 saturated carbocycles. The third-order valence-electron chi connectivity index (χ3n) is 3.39. The number of halogens is 2. The first-order valence-corrected chi connectivity index (χ1v) is 8.82. The normalized spacial score (nSPS) is 22.4. The summed E-state index contributed by atoms with van der Waals surface area (Å²) in [5.41, 5.74) is 0.755. The van der Waals surface area contributed by atoms with Gasteiger partial charge in [-0.1, -0.05) is 29.3 Å². The molecule has 1 aromatic rings. The topological polar surface area (TPSA) is 63.2 Å². The van der Waals surface area contributed by atoms with E-state index in [1.165, 1.54) is 0 Å². The predicted octanol–water partition coefficient (Wildman–Crippen LogP) is 2.61. The van der Waals surface area contributed by atoms with Gasteiger partial charge < -0.3 is 5.32 Å². The van der Waals surface area contributed by atoms with Gasteiger partial charge in [0.2, 0.25) is 5.91 Å². The molecule has 1 aromatic carbocycles. The van der Waals surface area contributed by atoms with Gasteiger partial charge in [0.15, 0.2) is 9.84 Å². The molecular weight excluding hydrogens is 321 g/mol. The van der Waals surface area contributed by atoms with E-state index >= 15 is 0 Å². The second kappa shape index (κ2) is 5.92. The lowest BCUT2D eigenvalue weighted by Crippen LogP contribution is -2.33. The highest BCUT2D eigenvalue weighted by molar-refractivity contribution is 7.91. The lowest BCUT2D eigenvalue weighted by Gasteiger charge is -2.18. The first-order valence-electron chi connectivity index (χ1n) is 6.24. The fourth-order valence-corrected chi connectivity index (χ4v) is 4.58. The number of rotatable bonds is 3. The van der Waals surface area contributed by atoms with Crippen LogP contribution < -0.4 is 5.32 Å². The first kappa shape index (κ1) is 15.6. The summed E-state index contributed by atoms with van der Waals surface area (Å²) in [6.07, 6.45) is 0.384. The molecule has 1 aliphatic rings. The number of hydrogen-bond acceptors (Lipinski definition) is 3. The zero-order valence-electron chi connectivity index (χ0n) is 10.9. The molecule has 1 fully saturated rings. The van der Waals surface area contributed by atoms with Gasteiger partial charge >= 0.3 is 0 Å². The molecular formula is C13H15Cl2NO3S. The van der Waals surface area contributed by atoms with Crippen LogP contribution in [-0.2, 0) is 14.6 Å². The first-order chi connectivity index (χ1) is 9.28. The SMILES string of the molecule is CC(NC(=O)C1CCS(=O)(=O)C1)c1ccc(Cl)cc1Cl. The number of carbonyl (C=O) groups excluding carboxylic acids is 1. The number of carbonyl (C=O) groups is 1. The summed E-state index contributed by atoms with van der Waals surface area (Å²) in [4.78, 5) is 12.1. The van der Waals surface area contributed by atoms with Gasteiger partial charge in [-0.3, -0.25) is 4.79 Å². The Morgan fingerprint density at radius 2 is 2.10 bits per heavy atom. The van der Waals surface area contributed by atoms with Crippen LogP contribution in [0.4, 0.5) is 0 Å². The number of nitrogens with one attached hydrogen (secondary N) is 1. The zero-order valence-corrected chi connectivity index (χ0v) is 13.2. The zero-order chi connectivity index (χ0) is 14.9. The lowest BCUT2D eigenvalue weighted by molar-refractivity contribution is -0.124. The van der Waals surface area contributed by atoms with Gasteiger partial charge in [-0.2, -0.15) is 0 Å². The Morgan fingerprint density at radius 1 is 1.40 bits per heavy atom. The second-order valence-corrected chi connectivity index (χ2v) is 8.07. The van der Waals surface area contributed by atoms with Gasteiger partial charge in [-0.25, -0.2) is 8.42 Å². The lowest BCUT2D eigenvalue weighted by atomic mass is 10.1. The Balaban J connectivity index is 2.04. The maximum absolute atomic E-state index is 12.1. The minimum absolute atomic E-state index is 0.0695. The average Bonchev–Trinajstić information content (AvgIpc) is 2.69. The van der Waals surface area contributed by atoms with Crippen molar-refractivity contribution in [1.82, 2.24) is 5.32 Å². The van der Waals surface area contributed by atoms with Gasteiger partial charge in [-0.15, -0.1) is 0 Å². The van der Waals surface area contributed by atoms with Gasteiger partial charge in [-0.05, 0) is 31.0 Å². The third kappa shape index (κ3) is 3.65. The minimum Gasteiger partial charge on any atom is -0.349 e. The molecule has 2 rings (SSSR count). The summed E-state index contributed by atoms with van der Waals surface area (Å²) < 4.78 is 22.8. The van der Waals surface area contributed by atoms with Crippen LogP contribution in [-0.4, -0.2) is 25.8 Å². The number of hydrogen-bond donors (Lipinski definition) is 1. The molecule has 1 amide bonds. The van der Waals surface area contributed by atoms with Crippen molar-refractivity contribution in [2.45, 2.75) is 19.4 Å². The molecule has 0 bridgehead atoms. The fraction of sp³-hybridized carbons (Fsp3) is 0.462. The van der Waals surface area contributed by atoms with Crippen LogP contribution in [0.3, 0.4) is 0 Å². The molecule has 7 heteroatoms. The number of sulfone groups is 1. The highest BCUT2D eigenvalue weighted by Gasteiger charge is 2.33. The molecule has 2 unspecified atom stereocenters. The van der Waals surface area contributed by atoms with E-state index < -0.39 is 15.8 Å². The van der Waals surface area contributed by atoms with Crippen LogP contribution in [0.1, 0.15) is 24.9 Å². The van der Waals surface area contributed by atoms with E-state index in [0.29, 0.717) is 16.5 Å². The van der Waals surface area contributed by atoms with E-state index in [-0.39, 0.29) is 23.5 Å². The molecule has 110 valence electrons. The summed E-state index contributed by atoms with van der Waals surface area (Å²) in [6, 6.07) is 4.77. The summed E-state index contributed by atoms with van der Waals surface area (Å²) in [6.45, 7) is 1.80. The van der Waals surface area contributed by atoms with Crippen LogP contribution in [0.25, 0.3) is 0 Å². The van der Waals surface area contributed by atoms with Gasteiger partial charge in [0.1, 0.15) is 0 Å². The van der Waals surface area contributed by atoms with E-state index in [0.717, 1.165) is 5.56 Å². The minimum atomic E-state index is -3.06. The molecule has 1 N–H and O–H groups in total. The Kier molecular flexibility index (Phi) is 4.62. The molecule has 20 heavy (non-hydrogen) atoms. The van der Waals surface area contributed by atoms with Crippen LogP contribution in [0.5, 0.6) is 0 Å². The quantitative estimate of drug-likeness (QED) is 0.923. The molecule has 0 aliphatic carbocycles. The molecule has 1 heterocycles. The van der Waals surface area contributed by atoms with Gasteiger partial charge in [0.25, 0.3) is 0 Å². The summed E-state index contributed by atoms with van der Waals surface area (Å²) in [7, 11) is -3.06. The summed E-state index contributed by atoms with van der Waals surface area (Å²) in [5.74, 6) is -0.695. The highest BCUT2D eigenvalue weighted by atomic mass is 35.5. The smallest absolute Gasteiger partial charge is 0.224 e. The molecule has 4 nitrogen and oxygen atoms in total. The molecule has 0 spiro atoms. The van der Waals surface area contributed by atoms with Crippen molar-refractivity contribution in [2.75, 3.05) is 11.5 Å². The Bertz CT molecular complexity index is 631.